The van der Waals surface area contributed by atoms with Crippen LogP contribution in [0.1, 0.15) is 12.8 Å². The lowest BCUT2D eigenvalue weighted by Crippen LogP contribution is -2.36. The third-order valence-electron chi connectivity index (χ3n) is 3.02. The summed E-state index contributed by atoms with van der Waals surface area (Å²) >= 11 is 0. The van der Waals surface area contributed by atoms with E-state index in [1.54, 1.807) is 7.11 Å². The second kappa shape index (κ2) is 7.24. The zero-order chi connectivity index (χ0) is 12.6. The molecule has 1 atom stereocenters. The van der Waals surface area contributed by atoms with Gasteiger partial charge in [0.25, 0.3) is 0 Å². The standard InChI is InChI=1S/C14H21NO3/c1-16-12-4-6-13(7-5-12)17-9-10-18-14-3-2-8-15-11-14/h4-7,14-15H,2-3,8-11H2,1H3. The molecule has 4 nitrogen and oxygen atoms in total. The Morgan fingerprint density at radius 2 is 1.94 bits per heavy atom. The molecule has 100 valence electrons. The van der Waals surface area contributed by atoms with Gasteiger partial charge in [-0.2, -0.15) is 0 Å². The lowest BCUT2D eigenvalue weighted by atomic mass is 10.1. The molecule has 0 aliphatic carbocycles. The summed E-state index contributed by atoms with van der Waals surface area (Å²) in [4.78, 5) is 0. The molecule has 0 radical (unpaired) electrons. The number of nitrogens with one attached hydrogen (secondary N) is 1. The summed E-state index contributed by atoms with van der Waals surface area (Å²) in [5.41, 5.74) is 0. The second-order valence-electron chi connectivity index (χ2n) is 4.36. The zero-order valence-electron chi connectivity index (χ0n) is 10.9. The van der Waals surface area contributed by atoms with Crippen molar-refractivity contribution in [2.75, 3.05) is 33.4 Å². The molecule has 0 amide bonds. The van der Waals surface area contributed by atoms with Gasteiger partial charge in [0.05, 0.1) is 19.8 Å². The first-order chi connectivity index (χ1) is 8.88. The second-order valence-corrected chi connectivity index (χ2v) is 4.36. The Balaban J connectivity index is 1.62. The van der Waals surface area contributed by atoms with E-state index >= 15 is 0 Å². The van der Waals surface area contributed by atoms with Crippen LogP contribution in [0.5, 0.6) is 11.5 Å². The number of hydrogen-bond acceptors (Lipinski definition) is 4. The van der Waals surface area contributed by atoms with Crippen molar-refractivity contribution >= 4 is 0 Å². The van der Waals surface area contributed by atoms with E-state index in [1.165, 1.54) is 6.42 Å². The van der Waals surface area contributed by atoms with Gasteiger partial charge in [-0.05, 0) is 43.7 Å². The van der Waals surface area contributed by atoms with Crippen LogP contribution in [-0.4, -0.2) is 39.5 Å². The van der Waals surface area contributed by atoms with Crippen molar-refractivity contribution in [1.82, 2.24) is 5.32 Å². The summed E-state index contributed by atoms with van der Waals surface area (Å²) in [6.07, 6.45) is 2.69. The summed E-state index contributed by atoms with van der Waals surface area (Å²) in [6, 6.07) is 7.59. The Kier molecular flexibility index (Phi) is 5.30. The SMILES string of the molecule is COc1ccc(OCCOC2CCCNC2)cc1. The number of ether oxygens (including phenoxy) is 3. The molecule has 1 aromatic rings. The molecule has 0 spiro atoms. The smallest absolute Gasteiger partial charge is 0.119 e. The molecule has 1 fully saturated rings. The van der Waals surface area contributed by atoms with Gasteiger partial charge >= 0.3 is 0 Å². The molecule has 1 aromatic carbocycles. The Bertz CT molecular complexity index is 333. The minimum Gasteiger partial charge on any atom is -0.497 e. The monoisotopic (exact) mass is 251 g/mol. The van der Waals surface area contributed by atoms with E-state index in [-0.39, 0.29) is 0 Å². The van der Waals surface area contributed by atoms with Crippen LogP contribution >= 0.6 is 0 Å². The highest BCUT2D eigenvalue weighted by atomic mass is 16.5. The maximum Gasteiger partial charge on any atom is 0.119 e. The topological polar surface area (TPSA) is 39.7 Å². The molecule has 1 heterocycles. The van der Waals surface area contributed by atoms with Gasteiger partial charge < -0.3 is 19.5 Å². The van der Waals surface area contributed by atoms with Crippen LogP contribution in [-0.2, 0) is 4.74 Å². The first-order valence-electron chi connectivity index (χ1n) is 6.47. The Morgan fingerprint density at radius 1 is 1.17 bits per heavy atom. The van der Waals surface area contributed by atoms with Gasteiger partial charge in [0.1, 0.15) is 18.1 Å². The fourth-order valence-corrected chi connectivity index (χ4v) is 2.01. The van der Waals surface area contributed by atoms with Crippen LogP contribution in [0, 0.1) is 0 Å². The van der Waals surface area contributed by atoms with Crippen molar-refractivity contribution in [2.24, 2.45) is 0 Å². The predicted octanol–water partition coefficient (Wildman–Crippen LogP) is 1.84. The van der Waals surface area contributed by atoms with E-state index in [0.717, 1.165) is 31.0 Å². The first-order valence-corrected chi connectivity index (χ1v) is 6.47. The highest BCUT2D eigenvalue weighted by Gasteiger charge is 2.12. The Hall–Kier alpha value is -1.26. The average molecular weight is 251 g/mol. The van der Waals surface area contributed by atoms with Crippen molar-refractivity contribution in [3.05, 3.63) is 24.3 Å². The van der Waals surface area contributed by atoms with E-state index in [9.17, 15) is 0 Å². The van der Waals surface area contributed by atoms with Gasteiger partial charge in [-0.1, -0.05) is 0 Å². The van der Waals surface area contributed by atoms with Gasteiger partial charge in [0.15, 0.2) is 0 Å². The molecule has 1 aliphatic rings. The maximum absolute atomic E-state index is 5.74. The minimum absolute atomic E-state index is 0.346. The maximum atomic E-state index is 5.74. The zero-order valence-corrected chi connectivity index (χ0v) is 10.9. The largest absolute Gasteiger partial charge is 0.497 e. The summed E-state index contributed by atoms with van der Waals surface area (Å²) in [6.45, 7) is 3.30. The fourth-order valence-electron chi connectivity index (χ4n) is 2.01. The number of rotatable bonds is 6. The normalized spacial score (nSPS) is 19.5. The molecule has 2 rings (SSSR count). The minimum atomic E-state index is 0.346. The van der Waals surface area contributed by atoms with Crippen LogP contribution < -0.4 is 14.8 Å². The molecule has 0 bridgehead atoms. The average Bonchev–Trinajstić information content (AvgIpc) is 2.45. The van der Waals surface area contributed by atoms with E-state index in [1.807, 2.05) is 24.3 Å². The number of methoxy groups -OCH3 is 1. The number of benzene rings is 1. The third kappa shape index (κ3) is 4.20. The van der Waals surface area contributed by atoms with Crippen molar-refractivity contribution < 1.29 is 14.2 Å². The Labute approximate surface area is 108 Å². The molecular formula is C14H21NO3. The molecule has 0 saturated carbocycles. The van der Waals surface area contributed by atoms with Gasteiger partial charge in [-0.3, -0.25) is 0 Å². The van der Waals surface area contributed by atoms with Crippen molar-refractivity contribution in [3.8, 4) is 11.5 Å². The summed E-state index contributed by atoms with van der Waals surface area (Å²) in [7, 11) is 1.65. The van der Waals surface area contributed by atoms with Crippen molar-refractivity contribution in [1.29, 1.82) is 0 Å². The quantitative estimate of drug-likeness (QED) is 0.783. The lowest BCUT2D eigenvalue weighted by molar-refractivity contribution is 0.0205. The van der Waals surface area contributed by atoms with Gasteiger partial charge in [-0.25, -0.2) is 0 Å². The van der Waals surface area contributed by atoms with E-state index in [4.69, 9.17) is 14.2 Å². The van der Waals surface area contributed by atoms with Crippen LogP contribution in [0.3, 0.4) is 0 Å². The molecular weight excluding hydrogens is 230 g/mol. The van der Waals surface area contributed by atoms with Gasteiger partial charge in [0.2, 0.25) is 0 Å². The van der Waals surface area contributed by atoms with Gasteiger partial charge in [-0.15, -0.1) is 0 Å². The highest BCUT2D eigenvalue weighted by molar-refractivity contribution is 5.31. The number of hydrogen-bond donors (Lipinski definition) is 1. The predicted molar refractivity (Wildman–Crippen MR) is 70.3 cm³/mol. The highest BCUT2D eigenvalue weighted by Crippen LogP contribution is 2.16. The van der Waals surface area contributed by atoms with Crippen LogP contribution in [0.25, 0.3) is 0 Å². The molecule has 4 heteroatoms. The van der Waals surface area contributed by atoms with Gasteiger partial charge in [0, 0.05) is 6.54 Å². The van der Waals surface area contributed by atoms with Crippen molar-refractivity contribution in [2.45, 2.75) is 18.9 Å². The molecule has 1 aliphatic heterocycles. The molecule has 0 aromatic heterocycles. The van der Waals surface area contributed by atoms with Crippen LogP contribution in [0.15, 0.2) is 24.3 Å². The van der Waals surface area contributed by atoms with E-state index in [2.05, 4.69) is 5.32 Å². The Morgan fingerprint density at radius 3 is 2.61 bits per heavy atom. The molecule has 18 heavy (non-hydrogen) atoms. The van der Waals surface area contributed by atoms with Crippen molar-refractivity contribution in [3.63, 3.8) is 0 Å². The fraction of sp³-hybridized carbons (Fsp3) is 0.571. The summed E-state index contributed by atoms with van der Waals surface area (Å²) < 4.78 is 16.4. The first kappa shape index (κ1) is 13.2. The van der Waals surface area contributed by atoms with Crippen LogP contribution in [0.2, 0.25) is 0 Å². The third-order valence-corrected chi connectivity index (χ3v) is 3.02. The summed E-state index contributed by atoms with van der Waals surface area (Å²) in [5, 5.41) is 3.33. The van der Waals surface area contributed by atoms with E-state index in [0.29, 0.717) is 19.3 Å². The van der Waals surface area contributed by atoms with E-state index < -0.39 is 0 Å². The summed E-state index contributed by atoms with van der Waals surface area (Å²) in [5.74, 6) is 1.69. The lowest BCUT2D eigenvalue weighted by Gasteiger charge is -2.23. The molecule has 1 N–H and O–H groups in total. The number of piperidine rings is 1. The molecule has 1 saturated heterocycles. The van der Waals surface area contributed by atoms with Crippen LogP contribution in [0.4, 0.5) is 0 Å². The molecule has 1 unspecified atom stereocenters.